The Morgan fingerprint density at radius 1 is 1.06 bits per heavy atom. The van der Waals surface area contributed by atoms with Gasteiger partial charge < -0.3 is 9.73 Å². The van der Waals surface area contributed by atoms with Crippen LogP contribution >= 0.6 is 0 Å². The van der Waals surface area contributed by atoms with Crippen LogP contribution in [0.3, 0.4) is 0 Å². The first-order chi connectivity index (χ1) is 16.1. The van der Waals surface area contributed by atoms with Crippen LogP contribution in [-0.2, 0) is 0 Å². The number of nitrogens with zero attached hydrogens (tertiary/aromatic N) is 4. The largest absolute Gasteiger partial charge is 0.436 e. The van der Waals surface area contributed by atoms with Crippen molar-refractivity contribution >= 4 is 11.6 Å². The van der Waals surface area contributed by atoms with E-state index in [1.165, 1.54) is 29.5 Å². The second-order valence-corrected chi connectivity index (χ2v) is 7.40. The molecule has 2 heterocycles. The predicted octanol–water partition coefficient (Wildman–Crippen LogP) is 5.29. The number of benzene rings is 3. The summed E-state index contributed by atoms with van der Waals surface area (Å²) in [6.07, 6.45) is 4.35. The Kier molecular flexibility index (Phi) is 5.24. The zero-order valence-corrected chi connectivity index (χ0v) is 17.6. The second-order valence-electron chi connectivity index (χ2n) is 7.40. The van der Waals surface area contributed by atoms with Crippen LogP contribution in [0.2, 0.25) is 0 Å². The summed E-state index contributed by atoms with van der Waals surface area (Å²) in [6.45, 7) is 2.01. The van der Waals surface area contributed by atoms with Crippen molar-refractivity contribution in [2.45, 2.75) is 6.92 Å². The summed E-state index contributed by atoms with van der Waals surface area (Å²) < 4.78 is 21.8. The lowest BCUT2D eigenvalue weighted by Gasteiger charge is -2.10. The van der Waals surface area contributed by atoms with Gasteiger partial charge in [-0.2, -0.15) is 5.10 Å². The van der Waals surface area contributed by atoms with Crippen molar-refractivity contribution < 1.29 is 13.6 Å². The van der Waals surface area contributed by atoms with Gasteiger partial charge >= 0.3 is 0 Å². The molecule has 1 amide bonds. The fraction of sp³-hybridized carbons (Fsp3) is 0.0400. The summed E-state index contributed by atoms with van der Waals surface area (Å²) >= 11 is 0. The van der Waals surface area contributed by atoms with Crippen molar-refractivity contribution in [1.29, 1.82) is 0 Å². The number of oxazole rings is 1. The molecule has 5 rings (SSSR count). The molecule has 0 aliphatic rings. The number of rotatable bonds is 5. The van der Waals surface area contributed by atoms with Crippen LogP contribution in [0.1, 0.15) is 15.9 Å². The van der Waals surface area contributed by atoms with Crippen molar-refractivity contribution in [2.75, 3.05) is 5.32 Å². The Hall–Kier alpha value is -4.59. The van der Waals surface area contributed by atoms with Gasteiger partial charge in [0, 0.05) is 16.8 Å². The van der Waals surface area contributed by atoms with Crippen LogP contribution < -0.4 is 5.32 Å². The summed E-state index contributed by atoms with van der Waals surface area (Å²) in [6, 6.07) is 19.2. The molecule has 0 atom stereocenters. The summed E-state index contributed by atoms with van der Waals surface area (Å²) in [4.78, 5) is 21.2. The molecule has 2 aromatic heterocycles. The van der Waals surface area contributed by atoms with Gasteiger partial charge in [0.2, 0.25) is 5.89 Å². The molecule has 5 aromatic rings. The molecular weight excluding hydrogens is 421 g/mol. The Bertz CT molecular complexity index is 1430. The van der Waals surface area contributed by atoms with Gasteiger partial charge in [-0.25, -0.2) is 19.0 Å². The van der Waals surface area contributed by atoms with Crippen LogP contribution in [0.25, 0.3) is 28.5 Å². The maximum atomic E-state index is 14.5. The van der Waals surface area contributed by atoms with Crippen molar-refractivity contribution in [2.24, 2.45) is 0 Å². The number of anilines is 1. The van der Waals surface area contributed by atoms with E-state index in [-0.39, 0.29) is 5.69 Å². The highest BCUT2D eigenvalue weighted by Gasteiger charge is 2.18. The van der Waals surface area contributed by atoms with Crippen molar-refractivity contribution in [3.8, 4) is 28.5 Å². The molecule has 162 valence electrons. The SMILES string of the molecule is Cc1ccc(-c2cnc(-c3ccccc3C(=O)Nc3ccc(-n4cncn4)c(F)c3)o2)cc1. The Morgan fingerprint density at radius 2 is 1.88 bits per heavy atom. The molecule has 1 N–H and O–H groups in total. The number of nitrogens with one attached hydrogen (secondary N) is 1. The predicted molar refractivity (Wildman–Crippen MR) is 121 cm³/mol. The number of aryl methyl sites for hydroxylation is 1. The van der Waals surface area contributed by atoms with Crippen molar-refractivity contribution in [3.05, 3.63) is 103 Å². The monoisotopic (exact) mass is 439 g/mol. The molecule has 3 aromatic carbocycles. The third-order valence-corrected chi connectivity index (χ3v) is 5.11. The number of halogens is 1. The van der Waals surface area contributed by atoms with E-state index in [1.54, 1.807) is 36.5 Å². The Balaban J connectivity index is 1.41. The first kappa shape index (κ1) is 20.3. The highest BCUT2D eigenvalue weighted by Crippen LogP contribution is 2.29. The molecule has 0 aliphatic carbocycles. The lowest BCUT2D eigenvalue weighted by Crippen LogP contribution is -2.13. The van der Waals surface area contributed by atoms with E-state index in [2.05, 4.69) is 20.4 Å². The summed E-state index contributed by atoms with van der Waals surface area (Å²) in [5.74, 6) is -0.0226. The molecule has 33 heavy (non-hydrogen) atoms. The van der Waals surface area contributed by atoms with Gasteiger partial charge in [-0.3, -0.25) is 4.79 Å². The number of hydrogen-bond acceptors (Lipinski definition) is 5. The molecule has 8 heteroatoms. The van der Waals surface area contributed by atoms with Crippen LogP contribution in [0.15, 0.2) is 90.0 Å². The molecule has 0 bridgehead atoms. The highest BCUT2D eigenvalue weighted by molar-refractivity contribution is 6.08. The molecule has 0 spiro atoms. The second kappa shape index (κ2) is 8.51. The standard InChI is InChI=1S/C25H18FN5O2/c1-16-6-8-17(9-7-16)23-13-28-25(33-23)20-5-3-2-4-19(20)24(32)30-18-10-11-22(21(26)12-18)31-15-27-14-29-31/h2-15H,1H3,(H,30,32). The molecule has 0 saturated heterocycles. The summed E-state index contributed by atoms with van der Waals surface area (Å²) in [5.41, 5.74) is 3.47. The van der Waals surface area contributed by atoms with Gasteiger partial charge in [-0.1, -0.05) is 42.0 Å². The van der Waals surface area contributed by atoms with E-state index < -0.39 is 11.7 Å². The first-order valence-electron chi connectivity index (χ1n) is 10.2. The topological polar surface area (TPSA) is 85.8 Å². The molecule has 0 unspecified atom stereocenters. The van der Waals surface area contributed by atoms with E-state index >= 15 is 0 Å². The van der Waals surface area contributed by atoms with Gasteiger partial charge in [0.1, 0.15) is 18.3 Å². The number of carbonyl (C=O) groups is 1. The average molecular weight is 439 g/mol. The summed E-state index contributed by atoms with van der Waals surface area (Å²) in [7, 11) is 0. The fourth-order valence-corrected chi connectivity index (χ4v) is 3.42. The third-order valence-electron chi connectivity index (χ3n) is 5.11. The van der Waals surface area contributed by atoms with Gasteiger partial charge in [-0.05, 0) is 37.3 Å². The van der Waals surface area contributed by atoms with Gasteiger partial charge in [0.05, 0.1) is 11.8 Å². The maximum absolute atomic E-state index is 14.5. The zero-order chi connectivity index (χ0) is 22.8. The zero-order valence-electron chi connectivity index (χ0n) is 17.6. The van der Waals surface area contributed by atoms with Crippen LogP contribution in [0.4, 0.5) is 10.1 Å². The lowest BCUT2D eigenvalue weighted by molar-refractivity contribution is 0.102. The van der Waals surface area contributed by atoms with Gasteiger partial charge in [0.25, 0.3) is 5.91 Å². The van der Waals surface area contributed by atoms with Crippen LogP contribution in [0, 0.1) is 12.7 Å². The van der Waals surface area contributed by atoms with E-state index in [9.17, 15) is 9.18 Å². The molecule has 0 aliphatic heterocycles. The number of aromatic nitrogens is 4. The van der Waals surface area contributed by atoms with Gasteiger partial charge in [0.15, 0.2) is 11.6 Å². The Morgan fingerprint density at radius 3 is 2.64 bits per heavy atom. The molecule has 0 radical (unpaired) electrons. The normalized spacial score (nSPS) is 10.8. The van der Waals surface area contributed by atoms with Gasteiger partial charge in [-0.15, -0.1) is 0 Å². The minimum Gasteiger partial charge on any atom is -0.436 e. The molecule has 0 fully saturated rings. The van der Waals surface area contributed by atoms with Crippen LogP contribution in [0.5, 0.6) is 0 Å². The van der Waals surface area contributed by atoms with Crippen LogP contribution in [-0.4, -0.2) is 25.7 Å². The minimum absolute atomic E-state index is 0.231. The van der Waals surface area contributed by atoms with Crippen molar-refractivity contribution in [3.63, 3.8) is 0 Å². The number of carbonyl (C=O) groups excluding carboxylic acids is 1. The lowest BCUT2D eigenvalue weighted by atomic mass is 10.1. The average Bonchev–Trinajstić information content (AvgIpc) is 3.52. The molecular formula is C25H18FN5O2. The fourth-order valence-electron chi connectivity index (χ4n) is 3.42. The smallest absolute Gasteiger partial charge is 0.256 e. The highest BCUT2D eigenvalue weighted by atomic mass is 19.1. The minimum atomic E-state index is -0.540. The summed E-state index contributed by atoms with van der Waals surface area (Å²) in [5, 5.41) is 6.65. The van der Waals surface area contributed by atoms with E-state index in [0.29, 0.717) is 28.5 Å². The first-order valence-corrected chi connectivity index (χ1v) is 10.2. The Labute approximate surface area is 188 Å². The third kappa shape index (κ3) is 4.14. The number of hydrogen-bond donors (Lipinski definition) is 1. The van der Waals surface area contributed by atoms with E-state index in [1.807, 2.05) is 31.2 Å². The van der Waals surface area contributed by atoms with E-state index in [0.717, 1.165) is 11.1 Å². The number of amides is 1. The van der Waals surface area contributed by atoms with Crippen molar-refractivity contribution in [1.82, 2.24) is 19.7 Å². The molecule has 0 saturated carbocycles. The quantitative estimate of drug-likeness (QED) is 0.402. The molecule has 7 nitrogen and oxygen atoms in total. The maximum Gasteiger partial charge on any atom is 0.256 e. The van der Waals surface area contributed by atoms with E-state index in [4.69, 9.17) is 4.42 Å².